The number of aromatic nitrogens is 2. The van der Waals surface area contributed by atoms with Crippen molar-refractivity contribution in [3.63, 3.8) is 0 Å². The molecule has 35 heavy (non-hydrogen) atoms. The molecular formula is C30H31N3O2. The Balaban J connectivity index is 1.37. The van der Waals surface area contributed by atoms with Crippen molar-refractivity contribution in [2.45, 2.75) is 51.6 Å². The van der Waals surface area contributed by atoms with Gasteiger partial charge in [-0.25, -0.2) is 9.97 Å². The van der Waals surface area contributed by atoms with Crippen molar-refractivity contribution in [3.05, 3.63) is 89.7 Å². The summed E-state index contributed by atoms with van der Waals surface area (Å²) in [7, 11) is 0. The number of anilines is 1. The van der Waals surface area contributed by atoms with E-state index in [0.717, 1.165) is 39.9 Å². The second kappa shape index (κ2) is 10.8. The molecule has 5 heteroatoms. The van der Waals surface area contributed by atoms with Crippen molar-refractivity contribution < 1.29 is 9.90 Å². The lowest BCUT2D eigenvalue weighted by molar-refractivity contribution is -0.115. The van der Waals surface area contributed by atoms with Gasteiger partial charge >= 0.3 is 0 Å². The number of hydrogen-bond donors (Lipinski definition) is 2. The first-order valence-electron chi connectivity index (χ1n) is 12.5. The molecule has 0 aliphatic heterocycles. The van der Waals surface area contributed by atoms with Crippen molar-refractivity contribution >= 4 is 22.5 Å². The molecule has 1 fully saturated rings. The lowest BCUT2D eigenvalue weighted by Crippen LogP contribution is -2.19. The molecule has 1 heterocycles. The van der Waals surface area contributed by atoms with Crippen LogP contribution in [0.15, 0.2) is 72.9 Å². The second-order valence-electron chi connectivity index (χ2n) is 9.52. The zero-order valence-electron chi connectivity index (χ0n) is 19.9. The summed E-state index contributed by atoms with van der Waals surface area (Å²) >= 11 is 0. The van der Waals surface area contributed by atoms with E-state index in [-0.39, 0.29) is 12.5 Å². The van der Waals surface area contributed by atoms with E-state index in [9.17, 15) is 9.90 Å². The molecule has 1 aliphatic carbocycles. The molecule has 1 aromatic heterocycles. The number of nitrogens with one attached hydrogen (secondary N) is 1. The van der Waals surface area contributed by atoms with E-state index >= 15 is 0 Å². The highest BCUT2D eigenvalue weighted by molar-refractivity contribution is 5.93. The average molecular weight is 466 g/mol. The molecule has 0 unspecified atom stereocenters. The average Bonchev–Trinajstić information content (AvgIpc) is 2.90. The normalized spacial score (nSPS) is 14.2. The van der Waals surface area contributed by atoms with E-state index in [4.69, 9.17) is 4.98 Å². The van der Waals surface area contributed by atoms with Gasteiger partial charge in [0.2, 0.25) is 5.91 Å². The number of carbonyl (C=O) groups is 1. The third-order valence-electron chi connectivity index (χ3n) is 6.92. The van der Waals surface area contributed by atoms with Crippen LogP contribution in [0.4, 0.5) is 5.82 Å². The Kier molecular flexibility index (Phi) is 7.15. The quantitative estimate of drug-likeness (QED) is 0.346. The van der Waals surface area contributed by atoms with Gasteiger partial charge in [0.25, 0.3) is 0 Å². The molecule has 0 saturated heterocycles. The van der Waals surface area contributed by atoms with Crippen LogP contribution >= 0.6 is 0 Å². The predicted octanol–water partition coefficient (Wildman–Crippen LogP) is 6.09. The molecule has 5 rings (SSSR count). The molecule has 0 spiro atoms. The van der Waals surface area contributed by atoms with Crippen LogP contribution in [0.25, 0.3) is 22.0 Å². The predicted molar refractivity (Wildman–Crippen MR) is 140 cm³/mol. The van der Waals surface area contributed by atoms with Crippen LogP contribution in [0.5, 0.6) is 0 Å². The minimum Gasteiger partial charge on any atom is -0.392 e. The van der Waals surface area contributed by atoms with E-state index in [1.165, 1.54) is 37.5 Å². The van der Waals surface area contributed by atoms with E-state index in [0.29, 0.717) is 18.2 Å². The number of rotatable bonds is 7. The van der Waals surface area contributed by atoms with Crippen molar-refractivity contribution in [2.24, 2.45) is 5.92 Å². The van der Waals surface area contributed by atoms with Gasteiger partial charge in [0.1, 0.15) is 0 Å². The Hall–Kier alpha value is -3.57. The van der Waals surface area contributed by atoms with Gasteiger partial charge < -0.3 is 10.4 Å². The maximum atomic E-state index is 13.0. The molecule has 1 aliphatic rings. The standard InChI is InChI=1S/C30H31N3O2/c34-20-22-10-14-25(15-11-22)28-19-31-30(27(32-28)17-21-6-2-1-3-7-21)33-29(35)18-23-12-13-24-8-4-5-9-26(24)16-23/h4-5,8-16,19,21,34H,1-3,6-7,17-18,20H2,(H,31,33,35). The lowest BCUT2D eigenvalue weighted by atomic mass is 9.86. The highest BCUT2D eigenvalue weighted by atomic mass is 16.3. The van der Waals surface area contributed by atoms with Crippen LogP contribution < -0.4 is 5.32 Å². The van der Waals surface area contributed by atoms with Gasteiger partial charge in [-0.15, -0.1) is 0 Å². The molecule has 0 radical (unpaired) electrons. The summed E-state index contributed by atoms with van der Waals surface area (Å²) in [5.74, 6) is 1.05. The minimum absolute atomic E-state index is 0.0149. The first-order chi connectivity index (χ1) is 17.2. The molecule has 0 bridgehead atoms. The highest BCUT2D eigenvalue weighted by Crippen LogP contribution is 2.29. The zero-order valence-corrected chi connectivity index (χ0v) is 19.9. The third-order valence-corrected chi connectivity index (χ3v) is 6.92. The smallest absolute Gasteiger partial charge is 0.229 e. The summed E-state index contributed by atoms with van der Waals surface area (Å²) in [4.78, 5) is 22.6. The molecule has 1 amide bonds. The van der Waals surface area contributed by atoms with Crippen molar-refractivity contribution in [2.75, 3.05) is 5.32 Å². The van der Waals surface area contributed by atoms with Crippen LogP contribution in [0.1, 0.15) is 48.9 Å². The van der Waals surface area contributed by atoms with Gasteiger partial charge in [0.15, 0.2) is 5.82 Å². The summed E-state index contributed by atoms with van der Waals surface area (Å²) < 4.78 is 0. The number of amides is 1. The molecule has 5 nitrogen and oxygen atoms in total. The first kappa shape index (κ1) is 23.2. The molecular weight excluding hydrogens is 434 g/mol. The summed E-state index contributed by atoms with van der Waals surface area (Å²) in [5, 5.41) is 14.7. The second-order valence-corrected chi connectivity index (χ2v) is 9.52. The van der Waals surface area contributed by atoms with Gasteiger partial charge in [0, 0.05) is 5.56 Å². The first-order valence-corrected chi connectivity index (χ1v) is 12.5. The summed E-state index contributed by atoms with van der Waals surface area (Å²) in [6.45, 7) is 0.0149. The topological polar surface area (TPSA) is 75.1 Å². The number of aliphatic hydroxyl groups excluding tert-OH is 1. The summed E-state index contributed by atoms with van der Waals surface area (Å²) in [5.41, 5.74) is 4.43. The van der Waals surface area contributed by atoms with Crippen LogP contribution in [0, 0.1) is 5.92 Å². The van der Waals surface area contributed by atoms with E-state index in [1.54, 1.807) is 6.20 Å². The fourth-order valence-electron chi connectivity index (χ4n) is 4.97. The molecule has 178 valence electrons. The lowest BCUT2D eigenvalue weighted by Gasteiger charge is -2.22. The monoisotopic (exact) mass is 465 g/mol. The van der Waals surface area contributed by atoms with Crippen molar-refractivity contribution in [3.8, 4) is 11.3 Å². The van der Waals surface area contributed by atoms with Crippen molar-refractivity contribution in [1.82, 2.24) is 9.97 Å². The fourth-order valence-corrected chi connectivity index (χ4v) is 4.97. The number of aliphatic hydroxyl groups is 1. The van der Waals surface area contributed by atoms with Gasteiger partial charge in [-0.2, -0.15) is 0 Å². The fraction of sp³-hybridized carbons (Fsp3) is 0.300. The maximum absolute atomic E-state index is 13.0. The molecule has 4 aromatic rings. The maximum Gasteiger partial charge on any atom is 0.229 e. The minimum atomic E-state index is -0.0838. The summed E-state index contributed by atoms with van der Waals surface area (Å²) in [6, 6.07) is 22.0. The third kappa shape index (κ3) is 5.75. The van der Waals surface area contributed by atoms with Crippen LogP contribution in [0.3, 0.4) is 0 Å². The Bertz CT molecular complexity index is 1310. The Labute approximate surface area is 206 Å². The summed E-state index contributed by atoms with van der Waals surface area (Å²) in [6.07, 6.45) is 9.04. The number of hydrogen-bond acceptors (Lipinski definition) is 4. The molecule has 1 saturated carbocycles. The Morgan fingerprint density at radius 1 is 0.914 bits per heavy atom. The number of fused-ring (bicyclic) bond motifs is 1. The SMILES string of the molecule is O=C(Cc1ccc2ccccc2c1)Nc1ncc(-c2ccc(CO)cc2)nc1CC1CCCCC1. The van der Waals surface area contributed by atoms with Crippen LogP contribution in [-0.2, 0) is 24.2 Å². The van der Waals surface area contributed by atoms with E-state index < -0.39 is 0 Å². The molecule has 0 atom stereocenters. The van der Waals surface area contributed by atoms with Gasteiger partial charge in [0.05, 0.1) is 30.6 Å². The zero-order chi connectivity index (χ0) is 24.0. The number of benzene rings is 3. The van der Waals surface area contributed by atoms with Gasteiger partial charge in [-0.3, -0.25) is 4.79 Å². The number of carbonyl (C=O) groups excluding carboxylic acids is 1. The molecule has 3 aromatic carbocycles. The Morgan fingerprint density at radius 2 is 1.66 bits per heavy atom. The number of nitrogens with zero attached hydrogens (tertiary/aromatic N) is 2. The van der Waals surface area contributed by atoms with Crippen LogP contribution in [-0.4, -0.2) is 21.0 Å². The van der Waals surface area contributed by atoms with E-state index in [1.807, 2.05) is 42.5 Å². The van der Waals surface area contributed by atoms with Crippen molar-refractivity contribution in [1.29, 1.82) is 0 Å². The van der Waals surface area contributed by atoms with Crippen LogP contribution in [0.2, 0.25) is 0 Å². The van der Waals surface area contributed by atoms with Gasteiger partial charge in [-0.05, 0) is 34.2 Å². The van der Waals surface area contributed by atoms with E-state index in [2.05, 4.69) is 34.6 Å². The largest absolute Gasteiger partial charge is 0.392 e. The van der Waals surface area contributed by atoms with Gasteiger partial charge in [-0.1, -0.05) is 98.8 Å². The Morgan fingerprint density at radius 3 is 2.43 bits per heavy atom. The highest BCUT2D eigenvalue weighted by Gasteiger charge is 2.19. The molecule has 2 N–H and O–H groups in total.